The highest BCUT2D eigenvalue weighted by Gasteiger charge is 2.21. The first-order chi connectivity index (χ1) is 8.82. The highest BCUT2D eigenvalue weighted by atomic mass is 79.9. The van der Waals surface area contributed by atoms with Gasteiger partial charge in [-0.1, -0.05) is 37.9 Å². The Morgan fingerprint density at radius 1 is 1.00 bits per heavy atom. The smallest absolute Gasteiger partial charge is 0.0757 e. The zero-order valence-electron chi connectivity index (χ0n) is 10.7. The van der Waals surface area contributed by atoms with Crippen molar-refractivity contribution in [2.24, 2.45) is 0 Å². The summed E-state index contributed by atoms with van der Waals surface area (Å²) in [5.74, 6) is 0. The fraction of sp³-hybridized carbons (Fsp3) is 0.286. The van der Waals surface area contributed by atoms with Crippen molar-refractivity contribution in [3.05, 3.63) is 52.0 Å². The molecular weight excluding hydrogens is 520 g/mol. The lowest BCUT2D eigenvalue weighted by Gasteiger charge is -2.18. The molecule has 0 bridgehead atoms. The van der Waals surface area contributed by atoms with Gasteiger partial charge in [0, 0.05) is 4.47 Å². The summed E-state index contributed by atoms with van der Waals surface area (Å²) in [7, 11) is 0. The summed E-state index contributed by atoms with van der Waals surface area (Å²) in [6, 6.07) is 4.40. The van der Waals surface area contributed by atoms with E-state index >= 15 is 0 Å². The van der Waals surface area contributed by atoms with Crippen LogP contribution in [0.5, 0.6) is 0 Å². The molecule has 0 spiro atoms. The Kier molecular flexibility index (Phi) is 5.38. The lowest BCUT2D eigenvalue weighted by Crippen LogP contribution is -2.01. The Balaban J connectivity index is 2.59. The van der Waals surface area contributed by atoms with E-state index in [9.17, 15) is 0 Å². The molecule has 1 atom stereocenters. The lowest BCUT2D eigenvalue weighted by atomic mass is 9.95. The summed E-state index contributed by atoms with van der Waals surface area (Å²) in [6.45, 7) is 6.47. The van der Waals surface area contributed by atoms with E-state index in [1.54, 1.807) is 11.3 Å². The number of rotatable bonds is 2. The molecule has 2 rings (SSSR count). The van der Waals surface area contributed by atoms with Gasteiger partial charge in [-0.2, -0.15) is 0 Å². The molecule has 0 aliphatic heterocycles. The quantitative estimate of drug-likeness (QED) is 0.353. The fourth-order valence-corrected chi connectivity index (χ4v) is 7.00. The van der Waals surface area contributed by atoms with Crippen LogP contribution in [0.2, 0.25) is 0 Å². The van der Waals surface area contributed by atoms with Crippen LogP contribution in [0.4, 0.5) is 0 Å². The van der Waals surface area contributed by atoms with Crippen LogP contribution in [-0.2, 0) is 0 Å². The minimum absolute atomic E-state index is 0.196. The Hall–Kier alpha value is 0.840. The predicted molar refractivity (Wildman–Crippen MR) is 98.8 cm³/mol. The molecule has 0 aliphatic carbocycles. The topological polar surface area (TPSA) is 0 Å². The van der Waals surface area contributed by atoms with Crippen LogP contribution >= 0.6 is 75.1 Å². The maximum absolute atomic E-state index is 3.85. The van der Waals surface area contributed by atoms with Crippen molar-refractivity contribution in [3.8, 4) is 0 Å². The minimum Gasteiger partial charge on any atom is -0.121 e. The first kappa shape index (κ1) is 16.2. The molecule has 0 nitrogen and oxygen atoms in total. The van der Waals surface area contributed by atoms with Crippen LogP contribution in [0.1, 0.15) is 32.6 Å². The van der Waals surface area contributed by atoms with Gasteiger partial charge < -0.3 is 0 Å². The van der Waals surface area contributed by atoms with Gasteiger partial charge in [0.15, 0.2) is 0 Å². The van der Waals surface area contributed by atoms with Crippen molar-refractivity contribution >= 4 is 75.1 Å². The van der Waals surface area contributed by atoms with E-state index in [2.05, 4.69) is 96.6 Å². The van der Waals surface area contributed by atoms with E-state index in [0.29, 0.717) is 0 Å². The zero-order chi connectivity index (χ0) is 14.3. The second-order valence-corrected chi connectivity index (χ2v) is 9.96. The Morgan fingerprint density at radius 2 is 1.63 bits per heavy atom. The third-order valence-electron chi connectivity index (χ3n) is 3.15. The summed E-state index contributed by atoms with van der Waals surface area (Å²) in [5.41, 5.74) is 6.49. The summed E-state index contributed by atoms with van der Waals surface area (Å²) in [5, 5.41) is 0. The maximum atomic E-state index is 3.85. The molecule has 0 saturated carbocycles. The van der Waals surface area contributed by atoms with Crippen molar-refractivity contribution in [2.75, 3.05) is 0 Å². The van der Waals surface area contributed by atoms with Gasteiger partial charge in [-0.15, -0.1) is 11.3 Å². The highest BCUT2D eigenvalue weighted by molar-refractivity contribution is 9.12. The normalized spacial score (nSPS) is 12.8. The van der Waals surface area contributed by atoms with Crippen molar-refractivity contribution in [1.82, 2.24) is 0 Å². The van der Waals surface area contributed by atoms with Crippen molar-refractivity contribution in [3.63, 3.8) is 0 Å². The van der Waals surface area contributed by atoms with Crippen molar-refractivity contribution in [1.29, 1.82) is 0 Å². The fourth-order valence-electron chi connectivity index (χ4n) is 2.25. The van der Waals surface area contributed by atoms with Gasteiger partial charge in [0.05, 0.1) is 12.4 Å². The molecule has 0 amide bonds. The summed E-state index contributed by atoms with van der Waals surface area (Å²) in [4.78, 5) is 0.196. The standard InChI is InChI=1S/C14H12Br4S/c1-6-4-7(2)12(16)8(3)11(6)13(17)9-5-10(15)19-14(9)18/h4-5,13H,1-3H3. The lowest BCUT2D eigenvalue weighted by molar-refractivity contribution is 1.09. The van der Waals surface area contributed by atoms with Crippen LogP contribution in [0.25, 0.3) is 0 Å². The third-order valence-corrected chi connectivity index (χ3v) is 7.70. The molecule has 102 valence electrons. The van der Waals surface area contributed by atoms with Gasteiger partial charge >= 0.3 is 0 Å². The Morgan fingerprint density at radius 3 is 2.16 bits per heavy atom. The van der Waals surface area contributed by atoms with Gasteiger partial charge in [0.2, 0.25) is 0 Å². The molecule has 0 aliphatic rings. The Bertz CT molecular complexity index is 631. The van der Waals surface area contributed by atoms with Crippen LogP contribution < -0.4 is 0 Å². The van der Waals surface area contributed by atoms with Gasteiger partial charge in [-0.25, -0.2) is 0 Å². The second-order valence-electron chi connectivity index (χ2n) is 4.51. The summed E-state index contributed by atoms with van der Waals surface area (Å²) < 4.78 is 3.50. The molecule has 0 saturated heterocycles. The number of benzene rings is 1. The van der Waals surface area contributed by atoms with Crippen LogP contribution in [0, 0.1) is 20.8 Å². The zero-order valence-corrected chi connectivity index (χ0v) is 17.8. The van der Waals surface area contributed by atoms with E-state index in [1.165, 1.54) is 32.3 Å². The van der Waals surface area contributed by atoms with Crippen molar-refractivity contribution in [2.45, 2.75) is 25.6 Å². The molecule has 19 heavy (non-hydrogen) atoms. The average Bonchev–Trinajstić information content (AvgIpc) is 2.65. The molecule has 1 aromatic heterocycles. The maximum Gasteiger partial charge on any atom is 0.0757 e. The van der Waals surface area contributed by atoms with E-state index in [0.717, 1.165) is 7.57 Å². The predicted octanol–water partition coefficient (Wildman–Crippen LogP) is 7.45. The number of halogens is 4. The molecule has 0 radical (unpaired) electrons. The minimum atomic E-state index is 0.196. The first-order valence-corrected chi connectivity index (χ1v) is 9.79. The average molecular weight is 532 g/mol. The molecular formula is C14H12Br4S. The number of hydrogen-bond donors (Lipinski definition) is 0. The largest absolute Gasteiger partial charge is 0.121 e. The summed E-state index contributed by atoms with van der Waals surface area (Å²) in [6.07, 6.45) is 0. The molecule has 0 N–H and O–H groups in total. The van der Waals surface area contributed by atoms with E-state index in [1.807, 2.05) is 0 Å². The SMILES string of the molecule is Cc1cc(C)c(C(Br)c2cc(Br)sc2Br)c(C)c1Br. The summed E-state index contributed by atoms with van der Waals surface area (Å²) >= 11 is 16.4. The van der Waals surface area contributed by atoms with Gasteiger partial charge in [-0.3, -0.25) is 0 Å². The molecule has 1 aromatic carbocycles. The second kappa shape index (κ2) is 6.30. The number of alkyl halides is 1. The van der Waals surface area contributed by atoms with Crippen LogP contribution in [0.3, 0.4) is 0 Å². The number of hydrogen-bond acceptors (Lipinski definition) is 1. The van der Waals surface area contributed by atoms with E-state index in [-0.39, 0.29) is 4.83 Å². The number of aryl methyl sites for hydroxylation is 2. The van der Waals surface area contributed by atoms with Crippen molar-refractivity contribution < 1.29 is 0 Å². The van der Waals surface area contributed by atoms with E-state index < -0.39 is 0 Å². The van der Waals surface area contributed by atoms with Gasteiger partial charge in [0.1, 0.15) is 0 Å². The first-order valence-electron chi connectivity index (χ1n) is 5.68. The highest BCUT2D eigenvalue weighted by Crippen LogP contribution is 2.44. The number of thiophene rings is 1. The Labute approximate surface area is 151 Å². The van der Waals surface area contributed by atoms with E-state index in [4.69, 9.17) is 0 Å². The molecule has 1 unspecified atom stereocenters. The molecule has 5 heteroatoms. The van der Waals surface area contributed by atoms with Gasteiger partial charge in [-0.05, 0) is 86.5 Å². The third kappa shape index (κ3) is 3.20. The molecule has 1 heterocycles. The monoisotopic (exact) mass is 528 g/mol. The molecule has 0 fully saturated rings. The molecule has 2 aromatic rings. The van der Waals surface area contributed by atoms with Gasteiger partial charge in [0.25, 0.3) is 0 Å². The van der Waals surface area contributed by atoms with Crippen LogP contribution in [-0.4, -0.2) is 0 Å². The van der Waals surface area contributed by atoms with Crippen LogP contribution in [0.15, 0.2) is 24.2 Å².